The topological polar surface area (TPSA) is 44.1 Å². The molecule has 0 N–H and O–H groups in total. The maximum Gasteiger partial charge on any atom is 0.267 e. The van der Waals surface area contributed by atoms with E-state index in [1.165, 1.54) is 6.20 Å². The van der Waals surface area contributed by atoms with Crippen molar-refractivity contribution in [2.24, 2.45) is 0 Å². The second-order valence-electron chi connectivity index (χ2n) is 3.53. The van der Waals surface area contributed by atoms with Gasteiger partial charge in [-0.25, -0.2) is 4.98 Å². The lowest BCUT2D eigenvalue weighted by molar-refractivity contribution is 0.0717. The molecule has 1 aromatic rings. The summed E-state index contributed by atoms with van der Waals surface area (Å²) < 4.78 is 7.48. The van der Waals surface area contributed by atoms with Gasteiger partial charge >= 0.3 is 0 Å². The van der Waals surface area contributed by atoms with Crippen LogP contribution in [0, 0.1) is 6.92 Å². The van der Waals surface area contributed by atoms with E-state index < -0.39 is 0 Å². The Labute approximate surface area is 97.4 Å². The van der Waals surface area contributed by atoms with Gasteiger partial charge in [0.05, 0.1) is 19.3 Å². The fraction of sp³-hybridized carbons (Fsp3) is 0.600. The predicted octanol–water partition coefficient (Wildman–Crippen LogP) is 1.74. The summed E-state index contributed by atoms with van der Waals surface area (Å²) in [6, 6.07) is 0. The van der Waals surface area contributed by atoms with E-state index in [1.807, 2.05) is 20.8 Å². The molecule has 0 radical (unpaired) electrons. The number of hydrogen-bond acceptors (Lipinski definition) is 3. The molecule has 0 fully saturated rings. The molecule has 0 bridgehead atoms. The lowest BCUT2D eigenvalue weighted by atomic mass is 10.4. The highest BCUT2D eigenvalue weighted by molar-refractivity contribution is 9.10. The monoisotopic (exact) mass is 274 g/mol. The van der Waals surface area contributed by atoms with Crippen LogP contribution in [0.1, 0.15) is 19.7 Å². The second-order valence-corrected chi connectivity index (χ2v) is 4.38. The van der Waals surface area contributed by atoms with Gasteiger partial charge in [-0.05, 0) is 36.7 Å². The molecule has 0 saturated heterocycles. The van der Waals surface area contributed by atoms with Crippen molar-refractivity contribution in [1.82, 2.24) is 9.55 Å². The number of aryl methyl sites for hydroxylation is 1. The van der Waals surface area contributed by atoms with E-state index in [0.29, 0.717) is 23.4 Å². The molecular weight excluding hydrogens is 260 g/mol. The van der Waals surface area contributed by atoms with Gasteiger partial charge in [0.15, 0.2) is 0 Å². The SMILES string of the molecule is Cc1ncc(Br)c(=O)n1CCOC(C)C. The van der Waals surface area contributed by atoms with Crippen molar-refractivity contribution in [3.63, 3.8) is 0 Å². The van der Waals surface area contributed by atoms with Gasteiger partial charge in [-0.1, -0.05) is 0 Å². The van der Waals surface area contributed by atoms with Crippen molar-refractivity contribution in [2.45, 2.75) is 33.4 Å². The third kappa shape index (κ3) is 3.43. The van der Waals surface area contributed by atoms with Crippen LogP contribution in [-0.2, 0) is 11.3 Å². The Morgan fingerprint density at radius 1 is 1.60 bits per heavy atom. The first-order valence-corrected chi connectivity index (χ1v) is 5.65. The summed E-state index contributed by atoms with van der Waals surface area (Å²) in [6.07, 6.45) is 1.71. The van der Waals surface area contributed by atoms with Gasteiger partial charge in [-0.3, -0.25) is 9.36 Å². The molecule has 1 heterocycles. The van der Waals surface area contributed by atoms with Crippen LogP contribution in [0.4, 0.5) is 0 Å². The van der Waals surface area contributed by atoms with Crippen LogP contribution >= 0.6 is 15.9 Å². The summed E-state index contributed by atoms with van der Waals surface area (Å²) in [4.78, 5) is 15.8. The lowest BCUT2D eigenvalue weighted by Gasteiger charge is -2.11. The Morgan fingerprint density at radius 3 is 2.87 bits per heavy atom. The Balaban J connectivity index is 2.76. The van der Waals surface area contributed by atoms with Crippen molar-refractivity contribution >= 4 is 15.9 Å². The quantitative estimate of drug-likeness (QED) is 0.840. The molecule has 0 aliphatic carbocycles. The van der Waals surface area contributed by atoms with E-state index in [0.717, 1.165) is 0 Å². The summed E-state index contributed by atoms with van der Waals surface area (Å²) >= 11 is 3.16. The highest BCUT2D eigenvalue weighted by Crippen LogP contribution is 2.01. The highest BCUT2D eigenvalue weighted by Gasteiger charge is 2.05. The molecule has 0 aliphatic heterocycles. The first-order valence-electron chi connectivity index (χ1n) is 4.86. The van der Waals surface area contributed by atoms with E-state index in [1.54, 1.807) is 4.57 Å². The van der Waals surface area contributed by atoms with Gasteiger partial charge in [0.1, 0.15) is 10.3 Å². The summed E-state index contributed by atoms with van der Waals surface area (Å²) in [5.41, 5.74) is -0.0603. The van der Waals surface area contributed by atoms with Crippen LogP contribution in [0.15, 0.2) is 15.5 Å². The number of nitrogens with zero attached hydrogens (tertiary/aromatic N) is 2. The molecule has 15 heavy (non-hydrogen) atoms. The van der Waals surface area contributed by atoms with E-state index >= 15 is 0 Å². The fourth-order valence-corrected chi connectivity index (χ4v) is 1.51. The summed E-state index contributed by atoms with van der Waals surface area (Å²) in [5, 5.41) is 0. The van der Waals surface area contributed by atoms with Crippen molar-refractivity contribution < 1.29 is 4.74 Å². The average molecular weight is 275 g/mol. The number of hydrogen-bond donors (Lipinski definition) is 0. The van der Waals surface area contributed by atoms with E-state index in [-0.39, 0.29) is 11.7 Å². The molecule has 0 aliphatic rings. The zero-order chi connectivity index (χ0) is 11.4. The minimum absolute atomic E-state index is 0.0603. The minimum atomic E-state index is -0.0603. The van der Waals surface area contributed by atoms with Gasteiger partial charge in [0, 0.05) is 6.20 Å². The van der Waals surface area contributed by atoms with Crippen LogP contribution in [-0.4, -0.2) is 22.3 Å². The van der Waals surface area contributed by atoms with Crippen LogP contribution in [0.25, 0.3) is 0 Å². The third-order valence-electron chi connectivity index (χ3n) is 1.97. The number of ether oxygens (including phenoxy) is 1. The Hall–Kier alpha value is -0.680. The van der Waals surface area contributed by atoms with Crippen LogP contribution < -0.4 is 5.56 Å². The van der Waals surface area contributed by atoms with Gasteiger partial charge in [-0.15, -0.1) is 0 Å². The molecule has 0 unspecified atom stereocenters. The van der Waals surface area contributed by atoms with Crippen molar-refractivity contribution in [3.8, 4) is 0 Å². The van der Waals surface area contributed by atoms with Crippen molar-refractivity contribution in [1.29, 1.82) is 0 Å². The highest BCUT2D eigenvalue weighted by atomic mass is 79.9. The van der Waals surface area contributed by atoms with Crippen LogP contribution in [0.5, 0.6) is 0 Å². The maximum absolute atomic E-state index is 11.7. The molecule has 0 saturated carbocycles. The Morgan fingerprint density at radius 2 is 2.27 bits per heavy atom. The third-order valence-corrected chi connectivity index (χ3v) is 2.51. The molecule has 1 rings (SSSR count). The van der Waals surface area contributed by atoms with E-state index in [2.05, 4.69) is 20.9 Å². The van der Waals surface area contributed by atoms with Gasteiger partial charge in [0.25, 0.3) is 5.56 Å². The number of rotatable bonds is 4. The van der Waals surface area contributed by atoms with Gasteiger partial charge in [0.2, 0.25) is 0 Å². The summed E-state index contributed by atoms with van der Waals surface area (Å²) in [7, 11) is 0. The fourth-order valence-electron chi connectivity index (χ4n) is 1.19. The minimum Gasteiger partial charge on any atom is -0.377 e. The molecule has 84 valence electrons. The molecule has 4 nitrogen and oxygen atoms in total. The standard InChI is InChI=1S/C10H15BrN2O2/c1-7(2)15-5-4-13-8(3)12-6-9(11)10(13)14/h6-7H,4-5H2,1-3H3. The van der Waals surface area contributed by atoms with Crippen molar-refractivity contribution in [3.05, 3.63) is 26.8 Å². The smallest absolute Gasteiger partial charge is 0.267 e. The second kappa shape index (κ2) is 5.42. The largest absolute Gasteiger partial charge is 0.377 e. The number of aromatic nitrogens is 2. The zero-order valence-electron chi connectivity index (χ0n) is 9.16. The number of halogens is 1. The molecular formula is C10H15BrN2O2. The molecule has 1 aromatic heterocycles. The van der Waals surface area contributed by atoms with Gasteiger partial charge < -0.3 is 4.74 Å². The average Bonchev–Trinajstić information content (AvgIpc) is 2.17. The molecule has 0 spiro atoms. The van der Waals surface area contributed by atoms with E-state index in [9.17, 15) is 4.79 Å². The normalized spacial score (nSPS) is 11.0. The Kier molecular flexibility index (Phi) is 4.47. The predicted molar refractivity (Wildman–Crippen MR) is 62.0 cm³/mol. The maximum atomic E-state index is 11.7. The molecule has 0 amide bonds. The lowest BCUT2D eigenvalue weighted by Crippen LogP contribution is -2.26. The molecule has 5 heteroatoms. The zero-order valence-corrected chi connectivity index (χ0v) is 10.7. The first kappa shape index (κ1) is 12.4. The van der Waals surface area contributed by atoms with Gasteiger partial charge in [-0.2, -0.15) is 0 Å². The molecule has 0 atom stereocenters. The Bertz CT molecular complexity index is 387. The molecule has 0 aromatic carbocycles. The first-order chi connectivity index (χ1) is 7.02. The van der Waals surface area contributed by atoms with Crippen LogP contribution in [0.2, 0.25) is 0 Å². The van der Waals surface area contributed by atoms with E-state index in [4.69, 9.17) is 4.74 Å². The van der Waals surface area contributed by atoms with Crippen LogP contribution in [0.3, 0.4) is 0 Å². The summed E-state index contributed by atoms with van der Waals surface area (Å²) in [5.74, 6) is 0.704. The van der Waals surface area contributed by atoms with Crippen molar-refractivity contribution in [2.75, 3.05) is 6.61 Å². The summed E-state index contributed by atoms with van der Waals surface area (Å²) in [6.45, 7) is 6.80.